The van der Waals surface area contributed by atoms with E-state index in [2.05, 4.69) is 4.98 Å². The molecule has 21 heavy (non-hydrogen) atoms. The second-order valence-corrected chi connectivity index (χ2v) is 5.45. The third kappa shape index (κ3) is 3.49. The Balaban J connectivity index is 2.36. The monoisotopic (exact) mass is 311 g/mol. The Labute approximate surface area is 123 Å². The van der Waals surface area contributed by atoms with Gasteiger partial charge in [0.15, 0.2) is 0 Å². The number of halogens is 3. The van der Waals surface area contributed by atoms with Crippen LogP contribution in [-0.2, 0) is 0 Å². The fourth-order valence-electron chi connectivity index (χ4n) is 1.75. The van der Waals surface area contributed by atoms with Crippen LogP contribution in [-0.4, -0.2) is 16.9 Å². The van der Waals surface area contributed by atoms with Gasteiger partial charge in [0.25, 0.3) is 0 Å². The maximum Gasteiger partial charge on any atom is 0.432 e. The van der Waals surface area contributed by atoms with Crippen molar-refractivity contribution >= 4 is 22.7 Å². The van der Waals surface area contributed by atoms with Gasteiger partial charge in [0.2, 0.25) is 0 Å². The average Bonchev–Trinajstić information content (AvgIpc) is 2.84. The van der Waals surface area contributed by atoms with Gasteiger partial charge >= 0.3 is 6.18 Å². The molecule has 2 rings (SSSR count). The van der Waals surface area contributed by atoms with Gasteiger partial charge in [-0.15, -0.1) is 11.3 Å². The Kier molecular flexibility index (Phi) is 4.13. The van der Waals surface area contributed by atoms with E-state index >= 15 is 0 Å². The highest BCUT2D eigenvalue weighted by atomic mass is 32.1. The fraction of sp³-hybridized carbons (Fsp3) is 0.143. The third-order valence-electron chi connectivity index (χ3n) is 2.83. The van der Waals surface area contributed by atoms with Crippen LogP contribution in [0, 0.1) is 12.3 Å². The highest BCUT2D eigenvalue weighted by Gasteiger charge is 2.32. The Bertz CT molecular complexity index is 701. The zero-order valence-electron chi connectivity index (χ0n) is 11.0. The summed E-state index contributed by atoms with van der Waals surface area (Å²) in [5.41, 5.74) is 5.96. The molecule has 2 heterocycles. The molecule has 0 saturated carbocycles. The molecule has 0 saturated heterocycles. The number of rotatable bonds is 3. The molecule has 0 unspecified atom stereocenters. The summed E-state index contributed by atoms with van der Waals surface area (Å²) in [7, 11) is 0. The molecule has 0 aliphatic heterocycles. The summed E-state index contributed by atoms with van der Waals surface area (Å²) in [6.07, 6.45) is -2.65. The first-order chi connectivity index (χ1) is 9.79. The van der Waals surface area contributed by atoms with Crippen molar-refractivity contribution in [1.82, 2.24) is 4.98 Å². The summed E-state index contributed by atoms with van der Waals surface area (Å²) in [5.74, 6) is 0. The van der Waals surface area contributed by atoms with Gasteiger partial charge in [-0.3, -0.25) is 10.4 Å². The van der Waals surface area contributed by atoms with Crippen LogP contribution in [0.5, 0.6) is 0 Å². The molecule has 0 fully saturated rings. The summed E-state index contributed by atoms with van der Waals surface area (Å²) in [5, 5.41) is 8.87. The molecular formula is C14H12F3N3S. The normalized spacial score (nSPS) is 12.5. The van der Waals surface area contributed by atoms with Gasteiger partial charge < -0.3 is 5.73 Å². The van der Waals surface area contributed by atoms with Crippen molar-refractivity contribution in [2.24, 2.45) is 5.73 Å². The highest BCUT2D eigenvalue weighted by molar-refractivity contribution is 7.10. The number of allylic oxidation sites excluding steroid dienone is 1. The van der Waals surface area contributed by atoms with Gasteiger partial charge in [-0.1, -0.05) is 0 Å². The molecule has 2 aromatic rings. The van der Waals surface area contributed by atoms with E-state index in [1.807, 2.05) is 18.4 Å². The van der Waals surface area contributed by atoms with Crippen molar-refractivity contribution < 1.29 is 13.2 Å². The van der Waals surface area contributed by atoms with Gasteiger partial charge in [0.05, 0.1) is 11.4 Å². The van der Waals surface area contributed by atoms with Crippen molar-refractivity contribution in [1.29, 1.82) is 5.41 Å². The molecule has 0 amide bonds. The lowest BCUT2D eigenvalue weighted by atomic mass is 10.1. The first-order valence-corrected chi connectivity index (χ1v) is 6.81. The summed E-state index contributed by atoms with van der Waals surface area (Å²) < 4.78 is 37.0. The Hall–Kier alpha value is -2.15. The van der Waals surface area contributed by atoms with Crippen LogP contribution >= 0.6 is 11.3 Å². The smallest absolute Gasteiger partial charge is 0.397 e. The summed E-state index contributed by atoms with van der Waals surface area (Å²) >= 11 is 1.58. The predicted molar refractivity (Wildman–Crippen MR) is 78.2 cm³/mol. The van der Waals surface area contributed by atoms with E-state index in [-0.39, 0.29) is 11.4 Å². The molecule has 7 heteroatoms. The van der Waals surface area contributed by atoms with Crippen molar-refractivity contribution in [3.05, 3.63) is 46.4 Å². The van der Waals surface area contributed by atoms with Crippen molar-refractivity contribution in [3.8, 4) is 11.1 Å². The Morgan fingerprint density at radius 2 is 2.10 bits per heavy atom. The first kappa shape index (κ1) is 15.2. The van der Waals surface area contributed by atoms with E-state index in [1.54, 1.807) is 23.5 Å². The molecule has 0 spiro atoms. The zero-order valence-corrected chi connectivity index (χ0v) is 11.8. The number of nitrogens with two attached hydrogens (primary N) is 1. The fourth-order valence-corrected chi connectivity index (χ4v) is 2.47. The van der Waals surface area contributed by atoms with Gasteiger partial charge in [-0.25, -0.2) is 0 Å². The molecule has 0 atom stereocenters. The second-order valence-electron chi connectivity index (χ2n) is 4.33. The predicted octanol–water partition coefficient (Wildman–Crippen LogP) is 4.00. The van der Waals surface area contributed by atoms with Crippen molar-refractivity contribution in [3.63, 3.8) is 0 Å². The van der Waals surface area contributed by atoms with E-state index in [4.69, 9.17) is 11.1 Å². The summed E-state index contributed by atoms with van der Waals surface area (Å²) in [6.45, 7) is 1.96. The zero-order chi connectivity index (χ0) is 15.6. The number of pyridine rings is 1. The van der Waals surface area contributed by atoms with Crippen molar-refractivity contribution in [2.75, 3.05) is 0 Å². The largest absolute Gasteiger partial charge is 0.432 e. The SMILES string of the molecule is Cc1sccc1-c1ccnc(/C(N)=C/C(=N)C(F)(F)F)c1. The molecule has 2 aromatic heterocycles. The van der Waals surface area contributed by atoms with Crippen LogP contribution < -0.4 is 5.73 Å². The minimum Gasteiger partial charge on any atom is -0.397 e. The van der Waals surface area contributed by atoms with Gasteiger partial charge in [-0.05, 0) is 47.7 Å². The maximum absolute atomic E-state index is 12.3. The molecule has 110 valence electrons. The van der Waals surface area contributed by atoms with Gasteiger partial charge in [0.1, 0.15) is 5.71 Å². The van der Waals surface area contributed by atoms with Crippen LogP contribution in [0.25, 0.3) is 16.8 Å². The standard InChI is InChI=1S/C14H12F3N3S/c1-8-10(3-5-21-8)9-2-4-20-12(6-9)11(18)7-13(19)14(15,16)17/h2-7,19H,18H2,1H3/b11-7-,19-13?. The number of nitrogens with zero attached hydrogens (tertiary/aromatic N) is 1. The maximum atomic E-state index is 12.3. The Morgan fingerprint density at radius 1 is 1.38 bits per heavy atom. The topological polar surface area (TPSA) is 62.8 Å². The van der Waals surface area contributed by atoms with Crippen LogP contribution in [0.3, 0.4) is 0 Å². The Morgan fingerprint density at radius 3 is 2.67 bits per heavy atom. The second kappa shape index (κ2) is 5.69. The van der Waals surface area contributed by atoms with E-state index < -0.39 is 11.9 Å². The minimum atomic E-state index is -4.72. The van der Waals surface area contributed by atoms with Crippen LogP contribution in [0.1, 0.15) is 10.6 Å². The van der Waals surface area contributed by atoms with Crippen LogP contribution in [0.15, 0.2) is 35.9 Å². The molecule has 0 aliphatic rings. The number of hydrogen-bond donors (Lipinski definition) is 2. The van der Waals surface area contributed by atoms with Crippen LogP contribution in [0.2, 0.25) is 0 Å². The van der Waals surface area contributed by atoms with Gasteiger partial charge in [0, 0.05) is 11.1 Å². The molecular weight excluding hydrogens is 299 g/mol. The molecule has 0 bridgehead atoms. The number of alkyl halides is 3. The summed E-state index contributed by atoms with van der Waals surface area (Å²) in [4.78, 5) is 5.06. The van der Waals surface area contributed by atoms with Crippen molar-refractivity contribution in [2.45, 2.75) is 13.1 Å². The lowest BCUT2D eigenvalue weighted by molar-refractivity contribution is -0.0583. The quantitative estimate of drug-likeness (QED) is 0.842. The van der Waals surface area contributed by atoms with E-state index in [0.717, 1.165) is 16.0 Å². The molecule has 3 N–H and O–H groups in total. The number of thiophene rings is 1. The highest BCUT2D eigenvalue weighted by Crippen LogP contribution is 2.28. The molecule has 3 nitrogen and oxygen atoms in total. The number of aromatic nitrogens is 1. The first-order valence-electron chi connectivity index (χ1n) is 5.93. The lowest BCUT2D eigenvalue weighted by Crippen LogP contribution is -2.20. The van der Waals surface area contributed by atoms with E-state index in [1.165, 1.54) is 6.20 Å². The number of aryl methyl sites for hydroxylation is 1. The minimum absolute atomic E-state index is 0.188. The third-order valence-corrected chi connectivity index (χ3v) is 3.68. The number of hydrogen-bond acceptors (Lipinski definition) is 4. The molecule has 0 radical (unpaired) electrons. The lowest BCUT2D eigenvalue weighted by Gasteiger charge is -2.07. The van der Waals surface area contributed by atoms with Crippen LogP contribution in [0.4, 0.5) is 13.2 Å². The van der Waals surface area contributed by atoms with E-state index in [0.29, 0.717) is 6.08 Å². The molecule has 0 aliphatic carbocycles. The average molecular weight is 311 g/mol. The van der Waals surface area contributed by atoms with Gasteiger partial charge in [-0.2, -0.15) is 13.2 Å². The number of nitrogens with one attached hydrogen (secondary N) is 1. The van der Waals surface area contributed by atoms with E-state index in [9.17, 15) is 13.2 Å². The summed E-state index contributed by atoms with van der Waals surface area (Å²) in [6, 6.07) is 5.31. The molecule has 0 aromatic carbocycles.